The van der Waals surface area contributed by atoms with E-state index in [1.165, 1.54) is 11.6 Å². The normalized spacial score (nSPS) is 10.9. The van der Waals surface area contributed by atoms with E-state index in [0.29, 0.717) is 17.9 Å². The molecule has 0 unspecified atom stereocenters. The molecule has 2 aromatic carbocycles. The second-order valence-corrected chi connectivity index (χ2v) is 6.44. The summed E-state index contributed by atoms with van der Waals surface area (Å²) in [6.07, 6.45) is 1.73. The van der Waals surface area contributed by atoms with Crippen molar-refractivity contribution in [2.24, 2.45) is 0 Å². The van der Waals surface area contributed by atoms with Gasteiger partial charge in [-0.15, -0.1) is 0 Å². The zero-order valence-electron chi connectivity index (χ0n) is 15.6. The Balaban J connectivity index is 1.93. The van der Waals surface area contributed by atoms with E-state index in [0.717, 1.165) is 16.5 Å². The van der Waals surface area contributed by atoms with E-state index in [2.05, 4.69) is 20.6 Å². The summed E-state index contributed by atoms with van der Waals surface area (Å²) in [7, 11) is 0. The van der Waals surface area contributed by atoms with Gasteiger partial charge in [0.25, 0.3) is 5.56 Å². The number of hydrogen-bond acceptors (Lipinski definition) is 5. The van der Waals surface area contributed by atoms with Gasteiger partial charge in [0.1, 0.15) is 11.4 Å². The summed E-state index contributed by atoms with van der Waals surface area (Å²) in [6, 6.07) is 15.0. The van der Waals surface area contributed by atoms with Crippen LogP contribution in [0.2, 0.25) is 0 Å². The minimum absolute atomic E-state index is 0.224. The van der Waals surface area contributed by atoms with Gasteiger partial charge in [0.2, 0.25) is 0 Å². The fourth-order valence-electron chi connectivity index (χ4n) is 3.20. The molecule has 0 saturated carbocycles. The lowest BCUT2D eigenvalue weighted by atomic mass is 10.0. The molecule has 4 rings (SSSR count). The van der Waals surface area contributed by atoms with Crippen molar-refractivity contribution in [2.75, 3.05) is 5.32 Å². The van der Waals surface area contributed by atoms with Gasteiger partial charge in [0, 0.05) is 23.2 Å². The fourth-order valence-corrected chi connectivity index (χ4v) is 3.20. The van der Waals surface area contributed by atoms with Gasteiger partial charge in [-0.2, -0.15) is 10.2 Å². The first-order valence-electron chi connectivity index (χ1n) is 9.00. The summed E-state index contributed by atoms with van der Waals surface area (Å²) in [5.41, 5.74) is 2.96. The van der Waals surface area contributed by atoms with E-state index >= 15 is 0 Å². The number of rotatable bonds is 5. The first-order chi connectivity index (χ1) is 13.6. The molecule has 2 heterocycles. The molecular weight excluding hydrogens is 354 g/mol. The number of fused-ring (bicyclic) bond motifs is 1. The molecule has 0 aliphatic rings. The molecule has 28 heavy (non-hydrogen) atoms. The minimum Gasteiger partial charge on any atom is -0.350 e. The molecule has 2 N–H and O–H groups in total. The Hall–Kier alpha value is -3.74. The zero-order valence-corrected chi connectivity index (χ0v) is 15.6. The van der Waals surface area contributed by atoms with E-state index in [1.807, 2.05) is 55.5 Å². The smallest absolute Gasteiger partial charge is 0.291 e. The number of carbonyl (C=O) groups excluding carboxylic acids is 1. The Bertz CT molecular complexity index is 1220. The number of aromatic amines is 1. The number of aryl methyl sites for hydroxylation is 1. The molecular formula is C21H19N5O2. The number of benzene rings is 2. The highest BCUT2D eigenvalue weighted by Gasteiger charge is 2.22. The number of H-pyrrole nitrogens is 1. The lowest BCUT2D eigenvalue weighted by molar-refractivity contribution is 0.101. The van der Waals surface area contributed by atoms with E-state index in [9.17, 15) is 9.59 Å². The Morgan fingerprint density at radius 1 is 1.18 bits per heavy atom. The summed E-state index contributed by atoms with van der Waals surface area (Å²) < 4.78 is 1.37. The van der Waals surface area contributed by atoms with E-state index in [4.69, 9.17) is 0 Å². The predicted octanol–water partition coefficient (Wildman–Crippen LogP) is 3.75. The van der Waals surface area contributed by atoms with Gasteiger partial charge in [-0.3, -0.25) is 14.7 Å². The molecule has 7 nitrogen and oxygen atoms in total. The van der Waals surface area contributed by atoms with Crippen molar-refractivity contribution in [1.82, 2.24) is 20.0 Å². The van der Waals surface area contributed by atoms with Gasteiger partial charge < -0.3 is 5.32 Å². The zero-order chi connectivity index (χ0) is 19.7. The molecule has 140 valence electrons. The molecule has 4 aromatic rings. The third kappa shape index (κ3) is 3.07. The number of nitrogens with zero attached hydrogens (tertiary/aromatic N) is 3. The first kappa shape index (κ1) is 17.7. The number of nitrogens with one attached hydrogen (secondary N) is 2. The molecule has 7 heteroatoms. The topological polar surface area (TPSA) is 92.7 Å². The standard InChI is InChI=1S/C21H19N5O2/c1-3-26-21(28)20(23-16-10-9-15-12-22-24-17(15)11-16)18(13(2)27)19(25-26)14-7-5-4-6-8-14/h4-12,23H,3H2,1-2H3,(H,22,24). The first-order valence-corrected chi connectivity index (χ1v) is 9.00. The summed E-state index contributed by atoms with van der Waals surface area (Å²) in [6.45, 7) is 3.69. The van der Waals surface area contributed by atoms with Crippen LogP contribution in [0.15, 0.2) is 59.5 Å². The lowest BCUT2D eigenvalue weighted by Gasteiger charge is -2.16. The van der Waals surface area contributed by atoms with Crippen LogP contribution >= 0.6 is 0 Å². The number of ketones is 1. The molecule has 0 atom stereocenters. The molecule has 0 spiro atoms. The average molecular weight is 373 g/mol. The van der Waals surface area contributed by atoms with Crippen LogP contribution in [0, 0.1) is 0 Å². The summed E-state index contributed by atoms with van der Waals surface area (Å²) in [5.74, 6) is -0.225. The molecule has 0 fully saturated rings. The van der Waals surface area contributed by atoms with E-state index in [-0.39, 0.29) is 22.6 Å². The van der Waals surface area contributed by atoms with Gasteiger partial charge in [0.05, 0.1) is 17.3 Å². The quantitative estimate of drug-likeness (QED) is 0.520. The third-order valence-electron chi connectivity index (χ3n) is 4.57. The Labute approximate surface area is 161 Å². The van der Waals surface area contributed by atoms with Crippen LogP contribution in [0.4, 0.5) is 11.4 Å². The maximum Gasteiger partial charge on any atom is 0.291 e. The number of Topliss-reactive ketones (excluding diaryl/α,β-unsaturated/α-hetero) is 1. The van der Waals surface area contributed by atoms with Gasteiger partial charge in [-0.25, -0.2) is 4.68 Å². The van der Waals surface area contributed by atoms with Crippen LogP contribution in [0.5, 0.6) is 0 Å². The van der Waals surface area contributed by atoms with Crippen molar-refractivity contribution in [2.45, 2.75) is 20.4 Å². The summed E-state index contributed by atoms with van der Waals surface area (Å²) in [4.78, 5) is 25.5. The van der Waals surface area contributed by atoms with Gasteiger partial charge in [-0.1, -0.05) is 30.3 Å². The average Bonchev–Trinajstić information content (AvgIpc) is 3.17. The maximum absolute atomic E-state index is 13.0. The summed E-state index contributed by atoms with van der Waals surface area (Å²) in [5, 5.41) is 15.5. The van der Waals surface area contributed by atoms with Gasteiger partial charge in [-0.05, 0) is 32.0 Å². The largest absolute Gasteiger partial charge is 0.350 e. The Morgan fingerprint density at radius 2 is 1.96 bits per heavy atom. The number of carbonyl (C=O) groups is 1. The second kappa shape index (κ2) is 7.11. The number of hydrogen-bond donors (Lipinski definition) is 2. The molecule has 2 aromatic heterocycles. The Kier molecular flexibility index (Phi) is 4.49. The van der Waals surface area contributed by atoms with Crippen LogP contribution in [0.1, 0.15) is 24.2 Å². The van der Waals surface area contributed by atoms with Crippen molar-refractivity contribution in [3.05, 3.63) is 70.6 Å². The van der Waals surface area contributed by atoms with Crippen molar-refractivity contribution in [3.63, 3.8) is 0 Å². The highest BCUT2D eigenvalue weighted by Crippen LogP contribution is 2.28. The van der Waals surface area contributed by atoms with Gasteiger partial charge in [0.15, 0.2) is 5.78 Å². The fraction of sp³-hybridized carbons (Fsp3) is 0.143. The minimum atomic E-state index is -0.336. The molecule has 0 aliphatic heterocycles. The highest BCUT2D eigenvalue weighted by atomic mass is 16.1. The van der Waals surface area contributed by atoms with Crippen LogP contribution in [-0.2, 0) is 6.54 Å². The van der Waals surface area contributed by atoms with Crippen molar-refractivity contribution < 1.29 is 4.79 Å². The Morgan fingerprint density at radius 3 is 2.68 bits per heavy atom. The lowest BCUT2D eigenvalue weighted by Crippen LogP contribution is -2.28. The molecule has 0 radical (unpaired) electrons. The summed E-state index contributed by atoms with van der Waals surface area (Å²) >= 11 is 0. The number of anilines is 2. The van der Waals surface area contributed by atoms with Crippen LogP contribution in [0.3, 0.4) is 0 Å². The second-order valence-electron chi connectivity index (χ2n) is 6.44. The van der Waals surface area contributed by atoms with Crippen molar-refractivity contribution >= 4 is 28.1 Å². The van der Waals surface area contributed by atoms with Crippen LogP contribution < -0.4 is 10.9 Å². The predicted molar refractivity (Wildman–Crippen MR) is 109 cm³/mol. The third-order valence-corrected chi connectivity index (χ3v) is 4.57. The SMILES string of the molecule is CCn1nc(-c2ccccc2)c(C(C)=O)c(Nc2ccc3cn[nH]c3c2)c1=O. The van der Waals surface area contributed by atoms with Crippen LogP contribution in [-0.4, -0.2) is 25.8 Å². The molecule has 0 bridgehead atoms. The van der Waals surface area contributed by atoms with E-state index in [1.54, 1.807) is 6.20 Å². The number of aromatic nitrogens is 4. The monoisotopic (exact) mass is 373 g/mol. The van der Waals surface area contributed by atoms with Crippen molar-refractivity contribution in [1.29, 1.82) is 0 Å². The molecule has 0 amide bonds. The molecule has 0 saturated heterocycles. The highest BCUT2D eigenvalue weighted by molar-refractivity contribution is 6.05. The van der Waals surface area contributed by atoms with Crippen LogP contribution in [0.25, 0.3) is 22.2 Å². The van der Waals surface area contributed by atoms with Gasteiger partial charge >= 0.3 is 0 Å². The van der Waals surface area contributed by atoms with E-state index < -0.39 is 0 Å². The molecule has 0 aliphatic carbocycles. The van der Waals surface area contributed by atoms with Crippen molar-refractivity contribution in [3.8, 4) is 11.3 Å². The maximum atomic E-state index is 13.0.